The van der Waals surface area contributed by atoms with Crippen molar-refractivity contribution in [2.75, 3.05) is 25.1 Å². The molecule has 32 heavy (non-hydrogen) atoms. The van der Waals surface area contributed by atoms with Crippen molar-refractivity contribution in [3.8, 4) is 5.75 Å². The Morgan fingerprint density at radius 2 is 2.06 bits per heavy atom. The zero-order valence-corrected chi connectivity index (χ0v) is 18.3. The molecule has 1 amide bonds. The van der Waals surface area contributed by atoms with E-state index in [9.17, 15) is 13.6 Å². The molecule has 2 aliphatic heterocycles. The van der Waals surface area contributed by atoms with E-state index < -0.39 is 24.9 Å². The molecule has 1 fully saturated rings. The van der Waals surface area contributed by atoms with E-state index in [4.69, 9.17) is 21.1 Å². The Bertz CT molecular complexity index is 954. The van der Waals surface area contributed by atoms with Crippen LogP contribution in [0.5, 0.6) is 5.75 Å². The number of fused-ring (bicyclic) bond motifs is 1. The molecule has 0 aliphatic carbocycles. The third-order valence-corrected chi connectivity index (χ3v) is 5.81. The molecule has 4 rings (SSSR count). The second-order valence-corrected chi connectivity index (χ2v) is 8.37. The number of rotatable bonds is 9. The molecule has 0 bridgehead atoms. The Morgan fingerprint density at radius 1 is 1.22 bits per heavy atom. The van der Waals surface area contributed by atoms with Crippen LogP contribution in [0.4, 0.5) is 14.5 Å². The van der Waals surface area contributed by atoms with E-state index in [0.29, 0.717) is 35.2 Å². The molecule has 0 spiro atoms. The Balaban J connectivity index is 1.60. The zero-order valence-electron chi connectivity index (χ0n) is 17.5. The standard InChI is InChI=1S/C23H26ClF2N3O3/c24-16-4-6-20(32-13-18-2-1-7-31-18)19(9-16)22(23(30)28-12-21(25)26)29-17-5-3-14-10-27-11-15(14)8-17/h3-6,8-9,18,21-22,27,29H,1-2,7,10-13H2,(H,28,30)/t18-,22-/m1/s1. The number of alkyl halides is 2. The number of hydrogen-bond donors (Lipinski definition) is 3. The van der Waals surface area contributed by atoms with Crippen molar-refractivity contribution in [2.45, 2.75) is 44.5 Å². The summed E-state index contributed by atoms with van der Waals surface area (Å²) in [7, 11) is 0. The van der Waals surface area contributed by atoms with E-state index in [-0.39, 0.29) is 6.10 Å². The van der Waals surface area contributed by atoms with Gasteiger partial charge in [-0.15, -0.1) is 0 Å². The lowest BCUT2D eigenvalue weighted by molar-refractivity contribution is -0.122. The van der Waals surface area contributed by atoms with Crippen molar-refractivity contribution in [3.63, 3.8) is 0 Å². The van der Waals surface area contributed by atoms with Gasteiger partial charge in [0, 0.05) is 36.0 Å². The van der Waals surface area contributed by atoms with Crippen LogP contribution in [0, 0.1) is 0 Å². The fraction of sp³-hybridized carbons (Fsp3) is 0.435. The first-order chi connectivity index (χ1) is 15.5. The second kappa shape index (κ2) is 10.5. The number of ether oxygens (including phenoxy) is 2. The predicted octanol–water partition coefficient (Wildman–Crippen LogP) is 4.04. The molecule has 2 aromatic carbocycles. The molecular formula is C23H26ClF2N3O3. The fourth-order valence-electron chi connectivity index (χ4n) is 3.95. The van der Waals surface area contributed by atoms with Gasteiger partial charge in [-0.1, -0.05) is 17.7 Å². The van der Waals surface area contributed by atoms with Crippen molar-refractivity contribution in [1.82, 2.24) is 10.6 Å². The van der Waals surface area contributed by atoms with Gasteiger partial charge in [-0.3, -0.25) is 4.79 Å². The maximum atomic E-state index is 13.0. The van der Waals surface area contributed by atoms with E-state index in [1.54, 1.807) is 18.2 Å². The predicted molar refractivity (Wildman–Crippen MR) is 118 cm³/mol. The van der Waals surface area contributed by atoms with E-state index in [1.807, 2.05) is 18.2 Å². The first-order valence-corrected chi connectivity index (χ1v) is 11.1. The number of hydrogen-bond acceptors (Lipinski definition) is 5. The van der Waals surface area contributed by atoms with Crippen LogP contribution in [0.25, 0.3) is 0 Å². The van der Waals surface area contributed by atoms with E-state index in [0.717, 1.165) is 31.5 Å². The summed E-state index contributed by atoms with van der Waals surface area (Å²) in [6, 6.07) is 9.83. The highest BCUT2D eigenvalue weighted by Crippen LogP contribution is 2.32. The highest BCUT2D eigenvalue weighted by molar-refractivity contribution is 6.30. The average Bonchev–Trinajstić information content (AvgIpc) is 3.46. The highest BCUT2D eigenvalue weighted by Gasteiger charge is 2.27. The summed E-state index contributed by atoms with van der Waals surface area (Å²) in [5.41, 5.74) is 3.50. The first kappa shape index (κ1) is 22.8. The van der Waals surface area contributed by atoms with Gasteiger partial charge in [-0.25, -0.2) is 8.78 Å². The van der Waals surface area contributed by atoms with Crippen LogP contribution < -0.4 is 20.7 Å². The van der Waals surface area contributed by atoms with Gasteiger partial charge < -0.3 is 25.4 Å². The van der Waals surface area contributed by atoms with Crippen LogP contribution in [0.15, 0.2) is 36.4 Å². The number of amides is 1. The Labute approximate surface area is 190 Å². The minimum atomic E-state index is -2.65. The Morgan fingerprint density at radius 3 is 2.84 bits per heavy atom. The largest absolute Gasteiger partial charge is 0.491 e. The molecular weight excluding hydrogens is 440 g/mol. The van der Waals surface area contributed by atoms with Crippen LogP contribution in [-0.4, -0.2) is 38.2 Å². The fourth-order valence-corrected chi connectivity index (χ4v) is 4.13. The van der Waals surface area contributed by atoms with Crippen molar-refractivity contribution in [1.29, 1.82) is 0 Å². The van der Waals surface area contributed by atoms with Crippen molar-refractivity contribution >= 4 is 23.2 Å². The van der Waals surface area contributed by atoms with Crippen LogP contribution in [0.3, 0.4) is 0 Å². The normalized spacial score (nSPS) is 18.4. The van der Waals surface area contributed by atoms with Crippen LogP contribution in [0.2, 0.25) is 5.02 Å². The topological polar surface area (TPSA) is 71.6 Å². The van der Waals surface area contributed by atoms with E-state index in [1.165, 1.54) is 5.56 Å². The molecule has 9 heteroatoms. The summed E-state index contributed by atoms with van der Waals surface area (Å²) in [5, 5.41) is 9.19. The molecule has 2 atom stereocenters. The maximum Gasteiger partial charge on any atom is 0.255 e. The van der Waals surface area contributed by atoms with Crippen LogP contribution >= 0.6 is 11.6 Å². The summed E-state index contributed by atoms with van der Waals surface area (Å²) >= 11 is 6.23. The van der Waals surface area contributed by atoms with Gasteiger partial charge in [-0.2, -0.15) is 0 Å². The van der Waals surface area contributed by atoms with Gasteiger partial charge in [-0.05, 0) is 54.3 Å². The lowest BCUT2D eigenvalue weighted by atomic mass is 10.0. The van der Waals surface area contributed by atoms with E-state index in [2.05, 4.69) is 16.0 Å². The third-order valence-electron chi connectivity index (χ3n) is 5.57. The molecule has 2 aromatic rings. The van der Waals surface area contributed by atoms with Gasteiger partial charge >= 0.3 is 0 Å². The van der Waals surface area contributed by atoms with Gasteiger partial charge in [0.05, 0.1) is 12.6 Å². The van der Waals surface area contributed by atoms with Crippen molar-refractivity contribution < 1.29 is 23.0 Å². The number of nitrogens with one attached hydrogen (secondary N) is 3. The van der Waals surface area contributed by atoms with Crippen molar-refractivity contribution in [2.24, 2.45) is 0 Å². The van der Waals surface area contributed by atoms with E-state index >= 15 is 0 Å². The molecule has 1 saturated heterocycles. The molecule has 2 heterocycles. The quantitative estimate of drug-likeness (QED) is 0.521. The number of carbonyl (C=O) groups is 1. The Hall–Kier alpha value is -2.42. The molecule has 0 radical (unpaired) electrons. The minimum Gasteiger partial charge on any atom is -0.491 e. The smallest absolute Gasteiger partial charge is 0.255 e. The zero-order chi connectivity index (χ0) is 22.5. The van der Waals surface area contributed by atoms with Gasteiger partial charge in [0.2, 0.25) is 5.91 Å². The van der Waals surface area contributed by atoms with Crippen molar-refractivity contribution in [3.05, 3.63) is 58.1 Å². The molecule has 0 saturated carbocycles. The molecule has 0 unspecified atom stereocenters. The van der Waals surface area contributed by atoms with Crippen LogP contribution in [0.1, 0.15) is 35.6 Å². The summed E-state index contributed by atoms with van der Waals surface area (Å²) in [5.74, 6) is -0.134. The molecule has 3 N–H and O–H groups in total. The summed E-state index contributed by atoms with van der Waals surface area (Å²) in [4.78, 5) is 13.0. The number of halogens is 3. The first-order valence-electron chi connectivity index (χ1n) is 10.7. The third kappa shape index (κ3) is 5.68. The van der Waals surface area contributed by atoms with Gasteiger partial charge in [0.15, 0.2) is 0 Å². The monoisotopic (exact) mass is 465 g/mol. The molecule has 2 aliphatic rings. The lowest BCUT2D eigenvalue weighted by Gasteiger charge is -2.23. The number of carbonyl (C=O) groups excluding carboxylic acids is 1. The molecule has 6 nitrogen and oxygen atoms in total. The highest BCUT2D eigenvalue weighted by atomic mass is 35.5. The SMILES string of the molecule is O=C(NCC(F)F)[C@H](Nc1ccc2c(c1)CNC2)c1cc(Cl)ccc1OC[C@H]1CCCO1. The second-order valence-electron chi connectivity index (χ2n) is 7.93. The maximum absolute atomic E-state index is 13.0. The lowest BCUT2D eigenvalue weighted by Crippen LogP contribution is -2.36. The molecule has 172 valence electrons. The minimum absolute atomic E-state index is 0.0122. The van der Waals surface area contributed by atoms with Crippen LogP contribution in [-0.2, 0) is 22.6 Å². The number of anilines is 1. The summed E-state index contributed by atoms with van der Waals surface area (Å²) in [6.45, 7) is 1.83. The average molecular weight is 466 g/mol. The summed E-state index contributed by atoms with van der Waals surface area (Å²) < 4.78 is 37.1. The number of benzene rings is 2. The summed E-state index contributed by atoms with van der Waals surface area (Å²) in [6.07, 6.45) is -0.778. The van der Waals surface area contributed by atoms with Gasteiger partial charge in [0.25, 0.3) is 6.43 Å². The Kier molecular flexibility index (Phi) is 7.44. The van der Waals surface area contributed by atoms with Gasteiger partial charge in [0.1, 0.15) is 18.4 Å². The molecule has 0 aromatic heterocycles.